The molecule has 13 heteroatoms. The Morgan fingerprint density at radius 2 is 1.56 bits per heavy atom. The van der Waals surface area contributed by atoms with Crippen LogP contribution in [0.15, 0.2) is 42.5 Å². The van der Waals surface area contributed by atoms with Crippen LogP contribution in [0.3, 0.4) is 0 Å². The molecular formula is C30H41N3O10. The summed E-state index contributed by atoms with van der Waals surface area (Å²) in [4.78, 5) is 28.5. The number of aliphatic hydroxyl groups excluding tert-OH is 3. The summed E-state index contributed by atoms with van der Waals surface area (Å²) >= 11 is 0. The number of benzene rings is 2. The molecule has 0 bridgehead atoms. The minimum Gasteiger partial charge on any atom is -0.493 e. The van der Waals surface area contributed by atoms with Crippen LogP contribution in [-0.4, -0.2) is 132 Å². The highest BCUT2D eigenvalue weighted by atomic mass is 16.7. The number of carbonyl (C=O) groups excluding carboxylic acids is 1. The van der Waals surface area contributed by atoms with Gasteiger partial charge in [0.2, 0.25) is 5.91 Å². The molecule has 2 fully saturated rings. The molecular weight excluding hydrogens is 562 g/mol. The van der Waals surface area contributed by atoms with Crippen LogP contribution in [0.5, 0.6) is 11.5 Å². The lowest BCUT2D eigenvalue weighted by Crippen LogP contribution is -2.61. The van der Waals surface area contributed by atoms with E-state index in [1.807, 2.05) is 32.0 Å². The lowest BCUT2D eigenvalue weighted by Gasteiger charge is -2.41. The first-order valence-electron chi connectivity index (χ1n) is 14.2. The number of carbonyl (C=O) groups is 2. The molecule has 2 aromatic carbocycles. The fourth-order valence-corrected chi connectivity index (χ4v) is 5.22. The van der Waals surface area contributed by atoms with Gasteiger partial charge in [-0.15, -0.1) is 0 Å². The van der Waals surface area contributed by atoms with Crippen LogP contribution in [0, 0.1) is 13.8 Å². The number of carboxylic acids is 1. The van der Waals surface area contributed by atoms with Crippen LogP contribution in [-0.2, 0) is 19.1 Å². The van der Waals surface area contributed by atoms with Gasteiger partial charge in [-0.1, -0.05) is 30.3 Å². The average Bonchev–Trinajstić information content (AvgIpc) is 2.99. The van der Waals surface area contributed by atoms with Gasteiger partial charge in [0.05, 0.1) is 13.7 Å². The topological polar surface area (TPSA) is 170 Å². The predicted octanol–water partition coefficient (Wildman–Crippen LogP) is 0.225. The number of piperazine rings is 1. The van der Waals surface area contributed by atoms with Crippen molar-refractivity contribution in [1.82, 2.24) is 9.80 Å². The number of rotatable bonds is 12. The Hall–Kier alpha value is -3.30. The molecule has 0 spiro atoms. The number of aliphatic hydroxyl groups is 3. The number of anilines is 1. The quantitative estimate of drug-likeness (QED) is 0.224. The standard InChI is InChI=1S/C30H41N3O10/c1-18-7-6-8-19(2)24(18)31-23(34)16-33-13-11-32(12-14-33)15-20(17-41-22-10-5-4-9-21(22)40-3)42-30-27(37)25(35)26(36)28(43-30)29(38)39/h4-10,20,25-28,30,35-37H,11-17H2,1-3H3,(H,31,34)(H,38,39). The van der Waals surface area contributed by atoms with Crippen LogP contribution in [0.4, 0.5) is 5.69 Å². The number of carboxylic acid groups (broad SMARTS) is 1. The van der Waals surface area contributed by atoms with Crippen molar-refractivity contribution in [2.75, 3.05) is 58.3 Å². The van der Waals surface area contributed by atoms with Crippen LogP contribution in [0.1, 0.15) is 11.1 Å². The summed E-state index contributed by atoms with van der Waals surface area (Å²) in [6, 6.07) is 12.9. The number of aryl methyl sites for hydroxylation is 2. The molecule has 2 heterocycles. The van der Waals surface area contributed by atoms with Gasteiger partial charge in [0.1, 0.15) is 31.0 Å². The van der Waals surface area contributed by atoms with Crippen molar-refractivity contribution >= 4 is 17.6 Å². The Bertz CT molecular complexity index is 1220. The van der Waals surface area contributed by atoms with Gasteiger partial charge >= 0.3 is 5.97 Å². The summed E-state index contributed by atoms with van der Waals surface area (Å²) in [6.45, 7) is 6.93. The van der Waals surface area contributed by atoms with Crippen molar-refractivity contribution in [2.45, 2.75) is 50.7 Å². The molecule has 2 aromatic rings. The molecule has 4 rings (SSSR count). The van der Waals surface area contributed by atoms with Crippen LogP contribution in [0.25, 0.3) is 0 Å². The first kappa shape index (κ1) is 32.6. The maximum atomic E-state index is 12.8. The maximum Gasteiger partial charge on any atom is 0.335 e. The van der Waals surface area contributed by atoms with Gasteiger partial charge in [-0.3, -0.25) is 14.6 Å². The highest BCUT2D eigenvalue weighted by Crippen LogP contribution is 2.28. The van der Waals surface area contributed by atoms with Crippen molar-refractivity contribution < 1.29 is 49.0 Å². The van der Waals surface area contributed by atoms with Crippen molar-refractivity contribution in [3.63, 3.8) is 0 Å². The number of aliphatic carboxylic acids is 1. The number of nitrogens with one attached hydrogen (secondary N) is 1. The Morgan fingerprint density at radius 3 is 2.19 bits per heavy atom. The van der Waals surface area contributed by atoms with Crippen LogP contribution in [0.2, 0.25) is 0 Å². The molecule has 6 atom stereocenters. The minimum atomic E-state index is -1.82. The van der Waals surface area contributed by atoms with Gasteiger partial charge in [0.25, 0.3) is 0 Å². The fourth-order valence-electron chi connectivity index (χ4n) is 5.22. The van der Waals surface area contributed by atoms with E-state index in [9.17, 15) is 30.0 Å². The first-order valence-corrected chi connectivity index (χ1v) is 14.2. The monoisotopic (exact) mass is 603 g/mol. The van der Waals surface area contributed by atoms with E-state index < -0.39 is 42.8 Å². The molecule has 2 saturated heterocycles. The molecule has 43 heavy (non-hydrogen) atoms. The van der Waals surface area contributed by atoms with E-state index in [1.54, 1.807) is 24.3 Å². The largest absolute Gasteiger partial charge is 0.493 e. The SMILES string of the molecule is COc1ccccc1OCC(CN1CCN(CC(=O)Nc2c(C)cccc2C)CC1)OC1OC(C(=O)O)C(O)C(O)C1O. The number of methoxy groups -OCH3 is 1. The van der Waals surface area contributed by atoms with E-state index in [2.05, 4.69) is 15.1 Å². The van der Waals surface area contributed by atoms with Gasteiger partial charge in [-0.05, 0) is 37.1 Å². The number of hydrogen-bond acceptors (Lipinski definition) is 11. The molecule has 236 valence electrons. The zero-order chi connectivity index (χ0) is 31.1. The summed E-state index contributed by atoms with van der Waals surface area (Å²) in [5, 5.41) is 43.3. The van der Waals surface area contributed by atoms with Crippen LogP contribution >= 0.6 is 0 Å². The molecule has 6 unspecified atom stereocenters. The van der Waals surface area contributed by atoms with E-state index >= 15 is 0 Å². The number of hydrogen-bond donors (Lipinski definition) is 5. The summed E-state index contributed by atoms with van der Waals surface area (Å²) in [5.74, 6) is -0.615. The molecule has 0 saturated carbocycles. The zero-order valence-corrected chi connectivity index (χ0v) is 24.6. The van der Waals surface area contributed by atoms with Gasteiger partial charge in [-0.2, -0.15) is 0 Å². The second kappa shape index (κ2) is 14.9. The van der Waals surface area contributed by atoms with Crippen LogP contribution < -0.4 is 14.8 Å². The fraction of sp³-hybridized carbons (Fsp3) is 0.533. The first-order chi connectivity index (χ1) is 20.6. The van der Waals surface area contributed by atoms with Gasteiger partial charge in [0.15, 0.2) is 23.9 Å². The Kier molecular flexibility index (Phi) is 11.3. The molecule has 13 nitrogen and oxygen atoms in total. The van der Waals surface area contributed by atoms with E-state index in [0.717, 1.165) is 16.8 Å². The third-order valence-electron chi connectivity index (χ3n) is 7.67. The maximum absolute atomic E-state index is 12.8. The lowest BCUT2D eigenvalue weighted by molar-refractivity contribution is -0.306. The van der Waals surface area contributed by atoms with Gasteiger partial charge in [-0.25, -0.2) is 4.79 Å². The van der Waals surface area contributed by atoms with Crippen molar-refractivity contribution in [3.05, 3.63) is 53.6 Å². The van der Waals surface area contributed by atoms with Crippen molar-refractivity contribution in [1.29, 1.82) is 0 Å². The normalized spacial score (nSPS) is 25.6. The Balaban J connectivity index is 1.37. The average molecular weight is 604 g/mol. The predicted molar refractivity (Wildman–Crippen MR) is 155 cm³/mol. The molecule has 2 aliphatic rings. The van der Waals surface area contributed by atoms with Crippen molar-refractivity contribution in [3.8, 4) is 11.5 Å². The summed E-state index contributed by atoms with van der Waals surface area (Å²) in [5.41, 5.74) is 2.84. The number of nitrogens with zero attached hydrogens (tertiary/aromatic N) is 2. The summed E-state index contributed by atoms with van der Waals surface area (Å²) in [6.07, 6.45) is -9.34. The molecule has 2 aliphatic heterocycles. The second-order valence-electron chi connectivity index (χ2n) is 10.8. The van der Waals surface area contributed by atoms with Gasteiger partial charge in [0, 0.05) is 38.4 Å². The van der Waals surface area contributed by atoms with Gasteiger partial charge < -0.3 is 44.7 Å². The lowest BCUT2D eigenvalue weighted by atomic mass is 9.99. The highest BCUT2D eigenvalue weighted by Gasteiger charge is 2.48. The van der Waals surface area contributed by atoms with E-state index in [0.29, 0.717) is 44.2 Å². The highest BCUT2D eigenvalue weighted by molar-refractivity contribution is 5.93. The number of ether oxygens (including phenoxy) is 4. The summed E-state index contributed by atoms with van der Waals surface area (Å²) in [7, 11) is 1.52. The van der Waals surface area contributed by atoms with E-state index in [1.165, 1.54) is 7.11 Å². The van der Waals surface area contributed by atoms with E-state index in [-0.39, 0.29) is 19.1 Å². The number of amides is 1. The molecule has 1 amide bonds. The molecule has 0 aliphatic carbocycles. The minimum absolute atomic E-state index is 0.0122. The summed E-state index contributed by atoms with van der Waals surface area (Å²) < 4.78 is 22.7. The zero-order valence-electron chi connectivity index (χ0n) is 24.6. The van der Waals surface area contributed by atoms with E-state index in [4.69, 9.17) is 18.9 Å². The molecule has 0 aromatic heterocycles. The smallest absolute Gasteiger partial charge is 0.335 e. The molecule has 5 N–H and O–H groups in total. The Morgan fingerprint density at radius 1 is 0.930 bits per heavy atom. The third kappa shape index (κ3) is 8.42. The number of para-hydroxylation sites is 3. The molecule has 0 radical (unpaired) electrons. The third-order valence-corrected chi connectivity index (χ3v) is 7.67. The Labute approximate surface area is 250 Å². The van der Waals surface area contributed by atoms with Crippen molar-refractivity contribution in [2.24, 2.45) is 0 Å². The second-order valence-corrected chi connectivity index (χ2v) is 10.8.